The molecule has 3 aliphatic rings. The van der Waals surface area contributed by atoms with Crippen LogP contribution in [0.3, 0.4) is 0 Å². The van der Waals surface area contributed by atoms with E-state index in [0.717, 1.165) is 0 Å². The van der Waals surface area contributed by atoms with Gasteiger partial charge >= 0.3 is 0 Å². The second-order valence-electron chi connectivity index (χ2n) is 12.4. The zero-order valence-corrected chi connectivity index (χ0v) is 22.1. The number of benzene rings is 2. The molecular formula is C34H48. The van der Waals surface area contributed by atoms with Crippen molar-refractivity contribution in [2.75, 3.05) is 0 Å². The molecule has 34 heavy (non-hydrogen) atoms. The molecule has 184 valence electrons. The highest BCUT2D eigenvalue weighted by Gasteiger charge is 2.64. The number of rotatable bonds is 8. The molecule has 0 bridgehead atoms. The van der Waals surface area contributed by atoms with Crippen LogP contribution in [0.15, 0.2) is 48.5 Å². The van der Waals surface area contributed by atoms with Gasteiger partial charge in [-0.1, -0.05) is 107 Å². The van der Waals surface area contributed by atoms with Gasteiger partial charge in [-0.05, 0) is 97.3 Å². The van der Waals surface area contributed by atoms with Gasteiger partial charge in [0.1, 0.15) is 0 Å². The van der Waals surface area contributed by atoms with E-state index in [1.807, 2.05) is 0 Å². The van der Waals surface area contributed by atoms with Gasteiger partial charge in [0.05, 0.1) is 0 Å². The van der Waals surface area contributed by atoms with Crippen LogP contribution in [-0.4, -0.2) is 0 Å². The third-order valence-corrected chi connectivity index (χ3v) is 10.2. The van der Waals surface area contributed by atoms with E-state index in [9.17, 15) is 0 Å². The minimum atomic E-state index is 0.209. The fourth-order valence-corrected chi connectivity index (χ4v) is 8.59. The number of hydrogen-bond donors (Lipinski definition) is 0. The summed E-state index contributed by atoms with van der Waals surface area (Å²) < 4.78 is 0. The molecule has 0 aliphatic heterocycles. The Morgan fingerprint density at radius 3 is 1.53 bits per heavy atom. The molecule has 0 N–H and O–H groups in total. The summed E-state index contributed by atoms with van der Waals surface area (Å²) in [6, 6.07) is 20.1. The highest BCUT2D eigenvalue weighted by atomic mass is 14.7. The van der Waals surface area contributed by atoms with Crippen LogP contribution >= 0.6 is 0 Å². The highest BCUT2D eigenvalue weighted by Crippen LogP contribution is 2.73. The van der Waals surface area contributed by atoms with Crippen molar-refractivity contribution in [2.24, 2.45) is 10.8 Å². The Kier molecular flexibility index (Phi) is 7.25. The molecule has 0 saturated heterocycles. The van der Waals surface area contributed by atoms with E-state index in [1.54, 1.807) is 11.1 Å². The number of hydrogen-bond acceptors (Lipinski definition) is 0. The molecule has 3 saturated carbocycles. The summed E-state index contributed by atoms with van der Waals surface area (Å²) in [5.41, 5.74) is 7.65. The normalized spacial score (nSPS) is 22.5. The van der Waals surface area contributed by atoms with Crippen molar-refractivity contribution < 1.29 is 0 Å². The van der Waals surface area contributed by atoms with E-state index in [-0.39, 0.29) is 5.41 Å². The largest absolute Gasteiger partial charge is 0.0654 e. The van der Waals surface area contributed by atoms with Crippen LogP contribution in [0.1, 0.15) is 132 Å². The SMILES string of the molecule is CCCCc1ccc(C2(c3ccc(CCCC)cc3)CCCCC23CC2(CCCCC2)C3)cc1. The fraction of sp³-hybridized carbons (Fsp3) is 0.647. The fourth-order valence-electron chi connectivity index (χ4n) is 8.59. The first-order valence-corrected chi connectivity index (χ1v) is 14.8. The van der Waals surface area contributed by atoms with Gasteiger partial charge in [-0.25, -0.2) is 0 Å². The zero-order chi connectivity index (χ0) is 23.5. The van der Waals surface area contributed by atoms with Gasteiger partial charge in [0.15, 0.2) is 0 Å². The van der Waals surface area contributed by atoms with Gasteiger partial charge in [-0.3, -0.25) is 0 Å². The van der Waals surface area contributed by atoms with Crippen LogP contribution in [0.5, 0.6) is 0 Å². The first-order valence-electron chi connectivity index (χ1n) is 14.8. The van der Waals surface area contributed by atoms with Crippen LogP contribution in [-0.2, 0) is 18.3 Å². The average Bonchev–Trinajstić information content (AvgIpc) is 2.87. The summed E-state index contributed by atoms with van der Waals surface area (Å²) in [6.07, 6.45) is 23.6. The zero-order valence-electron chi connectivity index (χ0n) is 22.1. The Bertz CT molecular complexity index is 850. The van der Waals surface area contributed by atoms with Gasteiger partial charge in [0.2, 0.25) is 0 Å². The van der Waals surface area contributed by atoms with Crippen molar-refractivity contribution in [3.05, 3.63) is 70.8 Å². The Labute approximate surface area is 209 Å². The third-order valence-electron chi connectivity index (χ3n) is 10.2. The summed E-state index contributed by atoms with van der Waals surface area (Å²) >= 11 is 0. The Hall–Kier alpha value is -1.56. The molecule has 2 aromatic carbocycles. The summed E-state index contributed by atoms with van der Waals surface area (Å²) in [6.45, 7) is 4.61. The molecular weight excluding hydrogens is 408 g/mol. The van der Waals surface area contributed by atoms with Crippen molar-refractivity contribution >= 4 is 0 Å². The molecule has 2 aromatic rings. The predicted molar refractivity (Wildman–Crippen MR) is 147 cm³/mol. The Morgan fingerprint density at radius 2 is 1.03 bits per heavy atom. The van der Waals surface area contributed by atoms with Gasteiger partial charge in [0.25, 0.3) is 0 Å². The average molecular weight is 457 g/mol. The quantitative estimate of drug-likeness (QED) is 0.370. The number of unbranched alkanes of at least 4 members (excludes halogenated alkanes) is 2. The minimum Gasteiger partial charge on any atom is -0.0654 e. The molecule has 3 fully saturated rings. The predicted octanol–water partition coefficient (Wildman–Crippen LogP) is 9.96. The van der Waals surface area contributed by atoms with Crippen LogP contribution < -0.4 is 0 Å². The first-order chi connectivity index (χ1) is 16.7. The molecule has 0 amide bonds. The smallest absolute Gasteiger partial charge is 0.0259 e. The second kappa shape index (κ2) is 10.2. The van der Waals surface area contributed by atoms with Crippen LogP contribution in [0.4, 0.5) is 0 Å². The molecule has 0 radical (unpaired) electrons. The molecule has 0 unspecified atom stereocenters. The second-order valence-corrected chi connectivity index (χ2v) is 12.4. The maximum absolute atomic E-state index is 2.55. The molecule has 3 aliphatic carbocycles. The molecule has 0 atom stereocenters. The highest BCUT2D eigenvalue weighted by molar-refractivity contribution is 5.46. The van der Waals surface area contributed by atoms with E-state index < -0.39 is 0 Å². The number of aryl methyl sites for hydroxylation is 2. The molecule has 0 nitrogen and oxygen atoms in total. The lowest BCUT2D eigenvalue weighted by Crippen LogP contribution is -2.60. The van der Waals surface area contributed by atoms with Crippen molar-refractivity contribution in [3.63, 3.8) is 0 Å². The van der Waals surface area contributed by atoms with Crippen LogP contribution in [0.25, 0.3) is 0 Å². The maximum atomic E-state index is 2.55. The van der Waals surface area contributed by atoms with Crippen LogP contribution in [0, 0.1) is 10.8 Å². The summed E-state index contributed by atoms with van der Waals surface area (Å²) in [5, 5.41) is 0. The lowest BCUT2D eigenvalue weighted by Gasteiger charge is -2.68. The van der Waals surface area contributed by atoms with Crippen molar-refractivity contribution in [1.29, 1.82) is 0 Å². The summed E-state index contributed by atoms with van der Waals surface area (Å²) in [5.74, 6) is 0. The lowest BCUT2D eigenvalue weighted by molar-refractivity contribution is -0.127. The van der Waals surface area contributed by atoms with E-state index in [2.05, 4.69) is 62.4 Å². The minimum absolute atomic E-state index is 0.209. The summed E-state index contributed by atoms with van der Waals surface area (Å²) in [7, 11) is 0. The molecule has 5 rings (SSSR count). The molecule has 2 spiro atoms. The van der Waals surface area contributed by atoms with E-state index in [1.165, 1.54) is 120 Å². The molecule has 0 aromatic heterocycles. The Morgan fingerprint density at radius 1 is 0.559 bits per heavy atom. The molecule has 0 heterocycles. The monoisotopic (exact) mass is 456 g/mol. The van der Waals surface area contributed by atoms with E-state index in [4.69, 9.17) is 0 Å². The first kappa shape index (κ1) is 24.1. The maximum Gasteiger partial charge on any atom is 0.0259 e. The Balaban J connectivity index is 1.54. The van der Waals surface area contributed by atoms with Crippen molar-refractivity contribution in [3.8, 4) is 0 Å². The van der Waals surface area contributed by atoms with E-state index in [0.29, 0.717) is 10.8 Å². The topological polar surface area (TPSA) is 0 Å². The lowest BCUT2D eigenvalue weighted by atomic mass is 9.36. The van der Waals surface area contributed by atoms with E-state index >= 15 is 0 Å². The standard InChI is InChI=1S/C34H48/c1-3-5-12-28-14-18-30(19-15-28)34(31-20-16-29(17-21-31)13-6-4-2)25-11-10-24-33(34)26-32(27-33)22-8-7-9-23-32/h14-21H,3-13,22-27H2,1-2H3. The van der Waals surface area contributed by atoms with Crippen molar-refractivity contribution in [1.82, 2.24) is 0 Å². The van der Waals surface area contributed by atoms with Gasteiger partial charge in [-0.15, -0.1) is 0 Å². The van der Waals surface area contributed by atoms with Crippen LogP contribution in [0.2, 0.25) is 0 Å². The van der Waals surface area contributed by atoms with Gasteiger partial charge < -0.3 is 0 Å². The van der Waals surface area contributed by atoms with Crippen molar-refractivity contribution in [2.45, 2.75) is 128 Å². The van der Waals surface area contributed by atoms with Gasteiger partial charge in [-0.2, -0.15) is 0 Å². The third kappa shape index (κ3) is 4.29. The van der Waals surface area contributed by atoms with Gasteiger partial charge in [0, 0.05) is 5.41 Å². The molecule has 0 heteroatoms. The summed E-state index contributed by atoms with van der Waals surface area (Å²) in [4.78, 5) is 0.